The van der Waals surface area contributed by atoms with E-state index in [4.69, 9.17) is 17.3 Å². The largest absolute Gasteiger partial charge is 0.397 e. The minimum atomic E-state index is -3.13. The van der Waals surface area contributed by atoms with Crippen molar-refractivity contribution >= 4 is 38.7 Å². The van der Waals surface area contributed by atoms with E-state index in [1.54, 1.807) is 19.1 Å². The monoisotopic (exact) mass is 290 g/mol. The highest BCUT2D eigenvalue weighted by molar-refractivity contribution is 7.91. The first-order valence-corrected chi connectivity index (χ1v) is 7.59. The van der Waals surface area contributed by atoms with E-state index in [2.05, 4.69) is 5.32 Å². The van der Waals surface area contributed by atoms with Crippen molar-refractivity contribution in [1.29, 1.82) is 0 Å². The molecule has 1 amide bonds. The Labute approximate surface area is 111 Å². The molecule has 7 heteroatoms. The third kappa shape index (κ3) is 4.54. The predicted molar refractivity (Wildman–Crippen MR) is 73.4 cm³/mol. The third-order valence-corrected chi connectivity index (χ3v) is 4.41. The summed E-state index contributed by atoms with van der Waals surface area (Å²) < 4.78 is 22.5. The van der Waals surface area contributed by atoms with Gasteiger partial charge in [0.15, 0.2) is 9.84 Å². The van der Waals surface area contributed by atoms with Crippen LogP contribution in [-0.4, -0.2) is 25.8 Å². The molecular weight excluding hydrogens is 276 g/mol. The summed E-state index contributed by atoms with van der Waals surface area (Å²) in [6, 6.07) is 4.69. The van der Waals surface area contributed by atoms with Crippen LogP contribution in [0.25, 0.3) is 0 Å². The molecule has 3 N–H and O–H groups in total. The van der Waals surface area contributed by atoms with E-state index in [1.165, 1.54) is 6.07 Å². The van der Waals surface area contributed by atoms with E-state index in [0.29, 0.717) is 16.4 Å². The standard InChI is InChI=1S/C11H15ClN2O3S/c1-2-18(16,17)6-5-11(15)14-8-3-4-9(12)10(13)7-8/h3-4,7H,2,5-6,13H2,1H3,(H,14,15). The van der Waals surface area contributed by atoms with Crippen molar-refractivity contribution in [1.82, 2.24) is 0 Å². The minimum absolute atomic E-state index is 0.0359. The van der Waals surface area contributed by atoms with Gasteiger partial charge < -0.3 is 11.1 Å². The lowest BCUT2D eigenvalue weighted by molar-refractivity contribution is -0.115. The molecule has 0 aromatic heterocycles. The summed E-state index contributed by atoms with van der Waals surface area (Å²) in [5, 5.41) is 2.97. The fourth-order valence-electron chi connectivity index (χ4n) is 1.24. The first-order chi connectivity index (χ1) is 8.34. The number of anilines is 2. The molecule has 1 aromatic rings. The van der Waals surface area contributed by atoms with Crippen molar-refractivity contribution < 1.29 is 13.2 Å². The van der Waals surface area contributed by atoms with Crippen LogP contribution in [-0.2, 0) is 14.6 Å². The van der Waals surface area contributed by atoms with Crippen LogP contribution in [0.1, 0.15) is 13.3 Å². The summed E-state index contributed by atoms with van der Waals surface area (Å²) in [6.07, 6.45) is -0.0707. The highest BCUT2D eigenvalue weighted by Crippen LogP contribution is 2.22. The Hall–Kier alpha value is -1.27. The minimum Gasteiger partial charge on any atom is -0.397 e. The molecule has 0 heterocycles. The van der Waals surface area contributed by atoms with Gasteiger partial charge in [0.05, 0.1) is 16.5 Å². The summed E-state index contributed by atoms with van der Waals surface area (Å²) in [5.74, 6) is -0.485. The molecule has 0 saturated heterocycles. The van der Waals surface area contributed by atoms with E-state index in [0.717, 1.165) is 0 Å². The number of carbonyl (C=O) groups excluding carboxylic acids is 1. The van der Waals surface area contributed by atoms with E-state index in [-0.39, 0.29) is 23.8 Å². The summed E-state index contributed by atoms with van der Waals surface area (Å²) in [4.78, 5) is 11.5. The molecule has 1 aromatic carbocycles. The highest BCUT2D eigenvalue weighted by Gasteiger charge is 2.11. The Morgan fingerprint density at radius 2 is 2.11 bits per heavy atom. The normalized spacial score (nSPS) is 11.2. The third-order valence-electron chi connectivity index (χ3n) is 2.36. The van der Waals surface area contributed by atoms with Crippen LogP contribution in [0.2, 0.25) is 5.02 Å². The van der Waals surface area contributed by atoms with Crippen molar-refractivity contribution in [2.24, 2.45) is 0 Å². The number of hydrogen-bond donors (Lipinski definition) is 2. The lowest BCUT2D eigenvalue weighted by atomic mass is 10.2. The second-order valence-corrected chi connectivity index (χ2v) is 6.65. The molecule has 0 radical (unpaired) electrons. The Morgan fingerprint density at radius 3 is 2.67 bits per heavy atom. The molecular formula is C11H15ClN2O3S. The quantitative estimate of drug-likeness (QED) is 0.808. The molecule has 0 bridgehead atoms. The van der Waals surface area contributed by atoms with Gasteiger partial charge in [0.25, 0.3) is 0 Å². The van der Waals surface area contributed by atoms with Gasteiger partial charge in [-0.15, -0.1) is 0 Å². The van der Waals surface area contributed by atoms with Crippen LogP contribution in [0.15, 0.2) is 18.2 Å². The topological polar surface area (TPSA) is 89.3 Å². The number of sulfone groups is 1. The maximum Gasteiger partial charge on any atom is 0.225 e. The fraction of sp³-hybridized carbons (Fsp3) is 0.364. The SMILES string of the molecule is CCS(=O)(=O)CCC(=O)Nc1ccc(Cl)c(N)c1. The van der Waals surface area contributed by atoms with Gasteiger partial charge in [-0.25, -0.2) is 8.42 Å². The lowest BCUT2D eigenvalue weighted by Gasteiger charge is -2.06. The van der Waals surface area contributed by atoms with Gasteiger partial charge in [-0.3, -0.25) is 4.79 Å². The average Bonchev–Trinajstić information content (AvgIpc) is 2.32. The van der Waals surface area contributed by atoms with Crippen LogP contribution in [0.4, 0.5) is 11.4 Å². The van der Waals surface area contributed by atoms with Gasteiger partial charge in [-0.1, -0.05) is 18.5 Å². The smallest absolute Gasteiger partial charge is 0.225 e. The number of nitrogen functional groups attached to an aromatic ring is 1. The van der Waals surface area contributed by atoms with Crippen molar-refractivity contribution in [3.05, 3.63) is 23.2 Å². The van der Waals surface area contributed by atoms with Gasteiger partial charge in [0.1, 0.15) is 0 Å². The van der Waals surface area contributed by atoms with Gasteiger partial charge in [-0.05, 0) is 18.2 Å². The second kappa shape index (κ2) is 6.06. The van der Waals surface area contributed by atoms with Gasteiger partial charge in [0, 0.05) is 17.9 Å². The summed E-state index contributed by atoms with van der Waals surface area (Å²) in [5.41, 5.74) is 6.44. The van der Waals surface area contributed by atoms with E-state index >= 15 is 0 Å². The number of rotatable bonds is 5. The Bertz CT molecular complexity index is 543. The summed E-state index contributed by atoms with van der Waals surface area (Å²) in [7, 11) is -3.13. The molecule has 0 aliphatic heterocycles. The molecule has 0 saturated carbocycles. The molecule has 0 aliphatic carbocycles. The van der Waals surface area contributed by atoms with Crippen molar-refractivity contribution in [3.63, 3.8) is 0 Å². The van der Waals surface area contributed by atoms with E-state index in [9.17, 15) is 13.2 Å². The van der Waals surface area contributed by atoms with E-state index in [1.807, 2.05) is 0 Å². The first-order valence-electron chi connectivity index (χ1n) is 5.39. The predicted octanol–water partition coefficient (Wildman–Crippen LogP) is 1.69. The van der Waals surface area contributed by atoms with Crippen LogP contribution < -0.4 is 11.1 Å². The van der Waals surface area contributed by atoms with Gasteiger partial charge in [0.2, 0.25) is 5.91 Å². The number of benzene rings is 1. The Morgan fingerprint density at radius 1 is 1.44 bits per heavy atom. The van der Waals surface area contributed by atoms with Crippen molar-refractivity contribution in [2.45, 2.75) is 13.3 Å². The molecule has 0 aliphatic rings. The number of halogens is 1. The van der Waals surface area contributed by atoms with Crippen LogP contribution in [0.5, 0.6) is 0 Å². The molecule has 0 unspecified atom stereocenters. The van der Waals surface area contributed by atoms with Crippen molar-refractivity contribution in [2.75, 3.05) is 22.6 Å². The second-order valence-electron chi connectivity index (χ2n) is 3.77. The van der Waals surface area contributed by atoms with Crippen molar-refractivity contribution in [3.8, 4) is 0 Å². The first kappa shape index (κ1) is 14.8. The maximum atomic E-state index is 11.5. The molecule has 5 nitrogen and oxygen atoms in total. The van der Waals surface area contributed by atoms with Crippen LogP contribution in [0, 0.1) is 0 Å². The molecule has 18 heavy (non-hydrogen) atoms. The van der Waals surface area contributed by atoms with E-state index < -0.39 is 9.84 Å². The molecule has 100 valence electrons. The molecule has 1 rings (SSSR count). The zero-order valence-electron chi connectivity index (χ0n) is 9.94. The molecule has 0 spiro atoms. The number of amides is 1. The zero-order valence-corrected chi connectivity index (χ0v) is 11.5. The van der Waals surface area contributed by atoms with Crippen LogP contribution in [0.3, 0.4) is 0 Å². The maximum absolute atomic E-state index is 11.5. The highest BCUT2D eigenvalue weighted by atomic mass is 35.5. The fourth-order valence-corrected chi connectivity index (χ4v) is 2.14. The van der Waals surface area contributed by atoms with Gasteiger partial charge in [-0.2, -0.15) is 0 Å². The summed E-state index contributed by atoms with van der Waals surface area (Å²) >= 11 is 5.74. The Kier molecular flexibility index (Phi) is 4.98. The number of nitrogens with two attached hydrogens (primary N) is 1. The Balaban J connectivity index is 2.57. The summed E-state index contributed by atoms with van der Waals surface area (Å²) in [6.45, 7) is 1.55. The molecule has 0 fully saturated rings. The number of hydrogen-bond acceptors (Lipinski definition) is 4. The number of nitrogens with one attached hydrogen (secondary N) is 1. The number of carbonyl (C=O) groups is 1. The lowest BCUT2D eigenvalue weighted by Crippen LogP contribution is -2.18. The average molecular weight is 291 g/mol. The van der Waals surface area contributed by atoms with Gasteiger partial charge >= 0.3 is 0 Å². The molecule has 0 atom stereocenters. The van der Waals surface area contributed by atoms with Crippen LogP contribution >= 0.6 is 11.6 Å². The zero-order chi connectivity index (χ0) is 13.8.